The topological polar surface area (TPSA) is 49.7 Å². The van der Waals surface area contributed by atoms with Crippen molar-refractivity contribution in [2.75, 3.05) is 19.8 Å². The summed E-state index contributed by atoms with van der Waals surface area (Å²) >= 11 is 0. The van der Waals surface area contributed by atoms with Crippen molar-refractivity contribution in [2.45, 2.75) is 52.6 Å². The molecule has 0 aromatic carbocycles. The van der Waals surface area contributed by atoms with Crippen LogP contribution in [0.4, 0.5) is 0 Å². The van der Waals surface area contributed by atoms with Gasteiger partial charge in [0.15, 0.2) is 0 Å². The Bertz CT molecular complexity index is 150. The Morgan fingerprint density at radius 1 is 1.06 bits per heavy atom. The zero-order chi connectivity index (χ0) is 12.4. The zero-order valence-corrected chi connectivity index (χ0v) is 11.0. The van der Waals surface area contributed by atoms with Gasteiger partial charge in [-0.1, -0.05) is 40.0 Å². The van der Waals surface area contributed by atoms with Crippen molar-refractivity contribution in [2.24, 2.45) is 11.8 Å². The predicted molar refractivity (Wildman–Crippen MR) is 66.4 cm³/mol. The van der Waals surface area contributed by atoms with E-state index in [9.17, 15) is 0 Å². The van der Waals surface area contributed by atoms with Gasteiger partial charge in [-0.25, -0.2) is 0 Å². The number of aliphatic hydroxyl groups excluding tert-OH is 2. The highest BCUT2D eigenvalue weighted by Crippen LogP contribution is 2.17. The molecule has 3 unspecified atom stereocenters. The molecular weight excluding hydrogens is 204 g/mol. The zero-order valence-electron chi connectivity index (χ0n) is 11.0. The molecule has 0 fully saturated rings. The Morgan fingerprint density at radius 2 is 1.69 bits per heavy atom. The maximum atomic E-state index is 9.06. The molecule has 0 aromatic heterocycles. The van der Waals surface area contributed by atoms with Crippen LogP contribution >= 0.6 is 0 Å². The smallest absolute Gasteiger partial charge is 0.100 e. The van der Waals surface area contributed by atoms with E-state index in [0.717, 1.165) is 12.3 Å². The second-order valence-electron chi connectivity index (χ2n) is 4.90. The minimum absolute atomic E-state index is 0.219. The fourth-order valence-corrected chi connectivity index (χ4v) is 1.47. The van der Waals surface area contributed by atoms with Crippen LogP contribution in [0.3, 0.4) is 0 Å². The molecule has 0 saturated carbocycles. The third kappa shape index (κ3) is 9.13. The van der Waals surface area contributed by atoms with E-state index < -0.39 is 6.10 Å². The Labute approximate surface area is 99.8 Å². The standard InChI is InChI=1S/C13H28O3/c1-4-11(2)5-6-12(3)7-8-16-10-13(15)9-14/h11-15H,4-10H2,1-3H3. The quantitative estimate of drug-likeness (QED) is 0.568. The van der Waals surface area contributed by atoms with Crippen LogP contribution in [-0.4, -0.2) is 36.1 Å². The van der Waals surface area contributed by atoms with Crippen molar-refractivity contribution in [1.82, 2.24) is 0 Å². The van der Waals surface area contributed by atoms with E-state index in [1.165, 1.54) is 19.3 Å². The van der Waals surface area contributed by atoms with Gasteiger partial charge in [0, 0.05) is 6.61 Å². The summed E-state index contributed by atoms with van der Waals surface area (Å²) in [6, 6.07) is 0. The molecule has 16 heavy (non-hydrogen) atoms. The van der Waals surface area contributed by atoms with Gasteiger partial charge in [0.25, 0.3) is 0 Å². The first-order valence-corrected chi connectivity index (χ1v) is 6.46. The van der Waals surface area contributed by atoms with Crippen LogP contribution in [0.1, 0.15) is 46.5 Å². The molecule has 3 nitrogen and oxygen atoms in total. The minimum Gasteiger partial charge on any atom is -0.394 e. The molecule has 98 valence electrons. The molecular formula is C13H28O3. The molecule has 3 atom stereocenters. The monoisotopic (exact) mass is 232 g/mol. The van der Waals surface area contributed by atoms with Gasteiger partial charge in [0.05, 0.1) is 13.2 Å². The number of hydrogen-bond donors (Lipinski definition) is 2. The van der Waals surface area contributed by atoms with E-state index in [1.54, 1.807) is 0 Å². The number of hydrogen-bond acceptors (Lipinski definition) is 3. The van der Waals surface area contributed by atoms with Gasteiger partial charge < -0.3 is 14.9 Å². The molecule has 3 heteroatoms. The summed E-state index contributed by atoms with van der Waals surface area (Å²) in [5.41, 5.74) is 0. The fourth-order valence-electron chi connectivity index (χ4n) is 1.47. The van der Waals surface area contributed by atoms with Crippen molar-refractivity contribution >= 4 is 0 Å². The Hall–Kier alpha value is -0.120. The van der Waals surface area contributed by atoms with E-state index in [0.29, 0.717) is 12.5 Å². The lowest BCUT2D eigenvalue weighted by Gasteiger charge is -2.15. The van der Waals surface area contributed by atoms with E-state index in [4.69, 9.17) is 14.9 Å². The van der Waals surface area contributed by atoms with Gasteiger partial charge in [-0.15, -0.1) is 0 Å². The molecule has 0 rings (SSSR count). The second kappa shape index (κ2) is 10.1. The molecule has 0 aliphatic carbocycles. The first-order chi connectivity index (χ1) is 7.60. The molecule has 0 amide bonds. The van der Waals surface area contributed by atoms with E-state index in [-0.39, 0.29) is 13.2 Å². The lowest BCUT2D eigenvalue weighted by Crippen LogP contribution is -2.20. The molecule has 0 spiro atoms. The molecule has 0 radical (unpaired) electrons. The molecule has 0 saturated heterocycles. The van der Waals surface area contributed by atoms with Crippen LogP contribution in [0.25, 0.3) is 0 Å². The summed E-state index contributed by atoms with van der Waals surface area (Å²) in [4.78, 5) is 0. The Kier molecular flexibility index (Phi) is 9.99. The average molecular weight is 232 g/mol. The third-order valence-corrected chi connectivity index (χ3v) is 3.13. The minimum atomic E-state index is -0.726. The second-order valence-corrected chi connectivity index (χ2v) is 4.90. The molecule has 0 heterocycles. The summed E-state index contributed by atoms with van der Waals surface area (Å²) in [5, 5.41) is 17.6. The third-order valence-electron chi connectivity index (χ3n) is 3.13. The van der Waals surface area contributed by atoms with Crippen molar-refractivity contribution in [3.05, 3.63) is 0 Å². The summed E-state index contributed by atoms with van der Waals surface area (Å²) in [5.74, 6) is 1.50. The lowest BCUT2D eigenvalue weighted by atomic mass is 9.95. The van der Waals surface area contributed by atoms with Gasteiger partial charge in [0.1, 0.15) is 6.10 Å². The van der Waals surface area contributed by atoms with Crippen molar-refractivity contribution in [3.8, 4) is 0 Å². The summed E-state index contributed by atoms with van der Waals surface area (Å²) in [6.45, 7) is 7.47. The molecule has 2 N–H and O–H groups in total. The van der Waals surface area contributed by atoms with Gasteiger partial charge in [-0.2, -0.15) is 0 Å². The SMILES string of the molecule is CCC(C)CCC(C)CCOCC(O)CO. The highest BCUT2D eigenvalue weighted by Gasteiger charge is 2.06. The highest BCUT2D eigenvalue weighted by molar-refractivity contribution is 4.57. The van der Waals surface area contributed by atoms with Crippen molar-refractivity contribution < 1.29 is 14.9 Å². The van der Waals surface area contributed by atoms with Crippen LogP contribution in [0.2, 0.25) is 0 Å². The fraction of sp³-hybridized carbons (Fsp3) is 1.00. The average Bonchev–Trinajstić information content (AvgIpc) is 2.31. The van der Waals surface area contributed by atoms with Crippen LogP contribution in [0, 0.1) is 11.8 Å². The number of ether oxygens (including phenoxy) is 1. The Balaban J connectivity index is 3.33. The molecule has 0 aliphatic rings. The van der Waals surface area contributed by atoms with Gasteiger partial charge in [-0.3, -0.25) is 0 Å². The van der Waals surface area contributed by atoms with Gasteiger partial charge in [0.2, 0.25) is 0 Å². The highest BCUT2D eigenvalue weighted by atomic mass is 16.5. The van der Waals surface area contributed by atoms with E-state index >= 15 is 0 Å². The van der Waals surface area contributed by atoms with Crippen molar-refractivity contribution in [1.29, 1.82) is 0 Å². The van der Waals surface area contributed by atoms with Crippen molar-refractivity contribution in [3.63, 3.8) is 0 Å². The maximum absolute atomic E-state index is 9.06. The van der Waals surface area contributed by atoms with Crippen LogP contribution in [0.5, 0.6) is 0 Å². The summed E-state index contributed by atoms with van der Waals surface area (Å²) in [6.07, 6.45) is 4.11. The van der Waals surface area contributed by atoms with Gasteiger partial charge >= 0.3 is 0 Å². The van der Waals surface area contributed by atoms with Gasteiger partial charge in [-0.05, 0) is 18.3 Å². The first-order valence-electron chi connectivity index (χ1n) is 6.46. The van der Waals surface area contributed by atoms with E-state index in [1.807, 2.05) is 0 Å². The molecule has 0 aliphatic heterocycles. The van der Waals surface area contributed by atoms with Crippen LogP contribution in [0.15, 0.2) is 0 Å². The number of aliphatic hydroxyl groups is 2. The van der Waals surface area contributed by atoms with Crippen LogP contribution in [-0.2, 0) is 4.74 Å². The largest absolute Gasteiger partial charge is 0.394 e. The Morgan fingerprint density at radius 3 is 2.25 bits per heavy atom. The molecule has 0 aromatic rings. The molecule has 0 bridgehead atoms. The normalized spacial score (nSPS) is 17.1. The van der Waals surface area contributed by atoms with E-state index in [2.05, 4.69) is 20.8 Å². The number of rotatable bonds is 10. The first kappa shape index (κ1) is 15.9. The lowest BCUT2D eigenvalue weighted by molar-refractivity contribution is 0.00289. The van der Waals surface area contributed by atoms with Crippen LogP contribution < -0.4 is 0 Å². The summed E-state index contributed by atoms with van der Waals surface area (Å²) in [7, 11) is 0. The predicted octanol–water partition coefficient (Wildman–Crippen LogP) is 2.21. The summed E-state index contributed by atoms with van der Waals surface area (Å²) < 4.78 is 5.28. The maximum Gasteiger partial charge on any atom is 0.100 e.